The first-order chi connectivity index (χ1) is 15.9. The number of aromatic nitrogens is 6. The summed E-state index contributed by atoms with van der Waals surface area (Å²) in [7, 11) is 0. The number of ether oxygens (including phenoxy) is 1. The van der Waals surface area contributed by atoms with Crippen molar-refractivity contribution in [1.29, 1.82) is 0 Å². The number of likely N-dealkylation sites (tertiary alicyclic amines) is 1. The molecule has 1 fully saturated rings. The zero-order valence-corrected chi connectivity index (χ0v) is 19.9. The maximum atomic E-state index is 12.3. The van der Waals surface area contributed by atoms with Crippen molar-refractivity contribution in [2.45, 2.75) is 45.3 Å². The highest BCUT2D eigenvalue weighted by Gasteiger charge is 2.29. The molecule has 174 valence electrons. The van der Waals surface area contributed by atoms with Crippen LogP contribution in [0, 0.1) is 0 Å². The van der Waals surface area contributed by atoms with Gasteiger partial charge in [0.05, 0.1) is 22.5 Å². The minimum Gasteiger partial charge on any atom is -0.444 e. The second-order valence-electron chi connectivity index (χ2n) is 9.22. The lowest BCUT2D eigenvalue weighted by molar-refractivity contribution is 0.0180. The Kier molecular flexibility index (Phi) is 5.73. The van der Waals surface area contributed by atoms with Crippen LogP contribution in [0.3, 0.4) is 0 Å². The number of nitrogens with one attached hydrogen (secondary N) is 1. The number of thioether (sulfide) groups is 1. The number of hydrogen-bond acceptors (Lipinski definition) is 8. The molecule has 1 saturated heterocycles. The van der Waals surface area contributed by atoms with Crippen molar-refractivity contribution >= 4 is 39.6 Å². The molecule has 2 aliphatic heterocycles. The maximum Gasteiger partial charge on any atom is 0.410 e. The van der Waals surface area contributed by atoms with Gasteiger partial charge < -0.3 is 19.5 Å². The Morgan fingerprint density at radius 1 is 1.21 bits per heavy atom. The first-order valence-electron chi connectivity index (χ1n) is 11.2. The van der Waals surface area contributed by atoms with Gasteiger partial charge in [-0.2, -0.15) is 15.0 Å². The SMILES string of the molecule is CC(C)(C)OC(=O)N1CCC(n2ncc(C3=CN(c4ncnc5[nH]ccc45)CCS3)n2)CC1. The number of nitrogens with zero attached hydrogens (tertiary/aromatic N) is 7. The van der Waals surface area contributed by atoms with Crippen molar-refractivity contribution in [3.63, 3.8) is 0 Å². The van der Waals surface area contributed by atoms with Gasteiger partial charge in [-0.25, -0.2) is 14.8 Å². The van der Waals surface area contributed by atoms with E-state index in [-0.39, 0.29) is 12.1 Å². The van der Waals surface area contributed by atoms with Crippen LogP contribution in [0.5, 0.6) is 0 Å². The molecule has 5 heterocycles. The van der Waals surface area contributed by atoms with E-state index in [1.54, 1.807) is 27.8 Å². The normalized spacial score (nSPS) is 18.0. The van der Waals surface area contributed by atoms with Crippen molar-refractivity contribution in [2.24, 2.45) is 0 Å². The summed E-state index contributed by atoms with van der Waals surface area (Å²) in [5.74, 6) is 1.82. The van der Waals surface area contributed by atoms with E-state index in [0.29, 0.717) is 13.1 Å². The van der Waals surface area contributed by atoms with Crippen LogP contribution in [-0.4, -0.2) is 71.9 Å². The van der Waals surface area contributed by atoms with Crippen molar-refractivity contribution in [2.75, 3.05) is 30.3 Å². The quantitative estimate of drug-likeness (QED) is 0.621. The van der Waals surface area contributed by atoms with Gasteiger partial charge in [0.1, 0.15) is 29.1 Å². The number of carbonyl (C=O) groups is 1. The molecule has 5 rings (SSSR count). The number of piperidine rings is 1. The fourth-order valence-corrected chi connectivity index (χ4v) is 5.01. The molecule has 0 unspecified atom stereocenters. The van der Waals surface area contributed by atoms with Gasteiger partial charge in [-0.3, -0.25) is 0 Å². The van der Waals surface area contributed by atoms with E-state index in [1.165, 1.54) is 0 Å². The van der Waals surface area contributed by atoms with Crippen molar-refractivity contribution in [3.05, 3.63) is 36.7 Å². The molecule has 0 saturated carbocycles. The van der Waals surface area contributed by atoms with Crippen molar-refractivity contribution < 1.29 is 9.53 Å². The molecule has 2 aliphatic rings. The van der Waals surface area contributed by atoms with Crippen LogP contribution in [0.1, 0.15) is 45.3 Å². The standard InChI is InChI=1S/C22H28N8O2S/c1-22(2,3)32-21(31)28-8-5-15(6-9-28)30-26-12-17(27-30)18-13-29(10-11-33-18)20-16-4-7-23-19(16)24-14-25-20/h4,7,12-15H,5-6,8-11H2,1-3H3,(H,23,24,25). The Balaban J connectivity index is 1.27. The predicted octanol–water partition coefficient (Wildman–Crippen LogP) is 3.67. The van der Waals surface area contributed by atoms with Gasteiger partial charge in [-0.05, 0) is 39.7 Å². The predicted molar refractivity (Wildman–Crippen MR) is 128 cm³/mol. The first-order valence-corrected chi connectivity index (χ1v) is 12.2. The average molecular weight is 469 g/mol. The Morgan fingerprint density at radius 2 is 2.03 bits per heavy atom. The Hall–Kier alpha value is -3.08. The van der Waals surface area contributed by atoms with Gasteiger partial charge in [0.2, 0.25) is 0 Å². The molecule has 0 spiro atoms. The number of hydrogen-bond donors (Lipinski definition) is 1. The van der Waals surface area contributed by atoms with Crippen molar-refractivity contribution in [3.8, 4) is 0 Å². The number of H-pyrrole nitrogens is 1. The molecular weight excluding hydrogens is 440 g/mol. The zero-order valence-electron chi connectivity index (χ0n) is 19.1. The molecule has 0 aliphatic carbocycles. The Labute approximate surface area is 196 Å². The van der Waals surface area contributed by atoms with E-state index >= 15 is 0 Å². The summed E-state index contributed by atoms with van der Waals surface area (Å²) in [4.78, 5) is 31.1. The van der Waals surface area contributed by atoms with E-state index in [4.69, 9.17) is 9.84 Å². The molecule has 0 bridgehead atoms. The second kappa shape index (κ2) is 8.69. The van der Waals surface area contributed by atoms with E-state index in [9.17, 15) is 4.79 Å². The van der Waals surface area contributed by atoms with Gasteiger partial charge in [0.25, 0.3) is 0 Å². The molecule has 3 aromatic heterocycles. The lowest BCUT2D eigenvalue weighted by Gasteiger charge is -2.33. The van der Waals surface area contributed by atoms with E-state index in [1.807, 2.05) is 39.2 Å². The van der Waals surface area contributed by atoms with Crippen LogP contribution in [0.2, 0.25) is 0 Å². The van der Waals surface area contributed by atoms with Crippen LogP contribution in [0.4, 0.5) is 10.6 Å². The summed E-state index contributed by atoms with van der Waals surface area (Å²) in [6.45, 7) is 7.81. The second-order valence-corrected chi connectivity index (χ2v) is 10.4. The third-order valence-electron chi connectivity index (χ3n) is 5.67. The molecular formula is C22H28N8O2S. The number of amides is 1. The molecule has 0 atom stereocenters. The number of anilines is 1. The van der Waals surface area contributed by atoms with Crippen LogP contribution in [-0.2, 0) is 4.74 Å². The Bertz CT molecular complexity index is 1170. The van der Waals surface area contributed by atoms with Gasteiger partial charge in [-0.15, -0.1) is 11.8 Å². The molecule has 0 radical (unpaired) electrons. The number of fused-ring (bicyclic) bond motifs is 1. The number of carbonyl (C=O) groups excluding carboxylic acids is 1. The van der Waals surface area contributed by atoms with Gasteiger partial charge in [-0.1, -0.05) is 0 Å². The van der Waals surface area contributed by atoms with Crippen LogP contribution in [0.15, 0.2) is 31.0 Å². The number of aromatic amines is 1. The maximum absolute atomic E-state index is 12.3. The zero-order chi connectivity index (χ0) is 23.0. The third-order valence-corrected chi connectivity index (χ3v) is 6.68. The van der Waals surface area contributed by atoms with Crippen LogP contribution in [0.25, 0.3) is 15.9 Å². The molecule has 10 nitrogen and oxygen atoms in total. The highest BCUT2D eigenvalue weighted by molar-refractivity contribution is 8.08. The number of rotatable bonds is 3. The average Bonchev–Trinajstić information content (AvgIpc) is 3.48. The van der Waals surface area contributed by atoms with Crippen LogP contribution >= 0.6 is 11.8 Å². The minimum absolute atomic E-state index is 0.170. The third kappa shape index (κ3) is 4.68. The summed E-state index contributed by atoms with van der Waals surface area (Å²) < 4.78 is 5.49. The van der Waals surface area contributed by atoms with E-state index in [0.717, 1.165) is 52.6 Å². The van der Waals surface area contributed by atoms with Gasteiger partial charge in [0.15, 0.2) is 0 Å². The molecule has 3 aromatic rings. The lowest BCUT2D eigenvalue weighted by Crippen LogP contribution is -2.42. The van der Waals surface area contributed by atoms with E-state index in [2.05, 4.69) is 31.2 Å². The largest absolute Gasteiger partial charge is 0.444 e. The van der Waals surface area contributed by atoms with Gasteiger partial charge >= 0.3 is 6.09 Å². The minimum atomic E-state index is -0.482. The Morgan fingerprint density at radius 3 is 2.82 bits per heavy atom. The fraction of sp³-hybridized carbons (Fsp3) is 0.500. The summed E-state index contributed by atoms with van der Waals surface area (Å²) in [6.07, 6.45) is 8.75. The lowest BCUT2D eigenvalue weighted by atomic mass is 10.1. The first kappa shape index (κ1) is 21.7. The van der Waals surface area contributed by atoms with Crippen LogP contribution < -0.4 is 4.90 Å². The molecule has 11 heteroatoms. The van der Waals surface area contributed by atoms with Crippen molar-refractivity contribution in [1.82, 2.24) is 34.8 Å². The summed E-state index contributed by atoms with van der Waals surface area (Å²) in [5.41, 5.74) is 1.21. The molecule has 33 heavy (non-hydrogen) atoms. The summed E-state index contributed by atoms with van der Waals surface area (Å²) in [6, 6.07) is 2.17. The van der Waals surface area contributed by atoms with Gasteiger partial charge in [0, 0.05) is 37.8 Å². The monoisotopic (exact) mass is 468 g/mol. The van der Waals surface area contributed by atoms with E-state index < -0.39 is 5.60 Å². The summed E-state index contributed by atoms with van der Waals surface area (Å²) in [5, 5.41) is 10.3. The molecule has 0 aromatic carbocycles. The fourth-order valence-electron chi connectivity index (χ4n) is 4.06. The molecule has 1 N–H and O–H groups in total. The highest BCUT2D eigenvalue weighted by atomic mass is 32.2. The summed E-state index contributed by atoms with van der Waals surface area (Å²) >= 11 is 1.77. The topological polar surface area (TPSA) is 105 Å². The molecule has 1 amide bonds. The smallest absolute Gasteiger partial charge is 0.410 e. The highest BCUT2D eigenvalue weighted by Crippen LogP contribution is 2.34.